The van der Waals surface area contributed by atoms with Crippen LogP contribution in [0.3, 0.4) is 0 Å². The van der Waals surface area contributed by atoms with Crippen molar-refractivity contribution in [3.8, 4) is 0 Å². The first kappa shape index (κ1) is 12.5. The van der Waals surface area contributed by atoms with Crippen LogP contribution in [0.25, 0.3) is 0 Å². The first-order valence-corrected chi connectivity index (χ1v) is 6.11. The number of hydrogen-bond donors (Lipinski definition) is 1. The van der Waals surface area contributed by atoms with Crippen molar-refractivity contribution in [3.05, 3.63) is 0 Å². The van der Waals surface area contributed by atoms with Crippen LogP contribution in [0.15, 0.2) is 0 Å². The van der Waals surface area contributed by atoms with Gasteiger partial charge in [0.1, 0.15) is 0 Å². The Kier molecular flexibility index (Phi) is 5.09. The molecule has 88 valence electrons. The molecule has 0 amide bonds. The summed E-state index contributed by atoms with van der Waals surface area (Å²) in [5.41, 5.74) is 3.83. The highest BCUT2D eigenvalue weighted by Gasteiger charge is 2.24. The highest BCUT2D eigenvalue weighted by Crippen LogP contribution is 2.23. The fourth-order valence-electron chi connectivity index (χ4n) is 1.93. The molecule has 1 fully saturated rings. The van der Waals surface area contributed by atoms with Gasteiger partial charge < -0.3 is 10.5 Å². The lowest BCUT2D eigenvalue weighted by Crippen LogP contribution is -2.67. The summed E-state index contributed by atoms with van der Waals surface area (Å²) in [4.78, 5) is 11.5. The molecular formula is C12H24NO2+. The van der Waals surface area contributed by atoms with Crippen molar-refractivity contribution < 1.29 is 15.3 Å². The summed E-state index contributed by atoms with van der Waals surface area (Å²) in [5, 5.41) is 0. The standard InChI is InChI=1S/C12H23NO2/c1-9(2)11(13)12(14)15-8-10-6-4-3-5-7-10/h9-11H,3-8,13H2,1-2H3/p+1/t11-/m0/s1. The molecule has 1 aliphatic rings. The van der Waals surface area contributed by atoms with Gasteiger partial charge in [-0.25, -0.2) is 4.79 Å². The van der Waals surface area contributed by atoms with Gasteiger partial charge in [-0.15, -0.1) is 0 Å². The molecular weight excluding hydrogens is 190 g/mol. The third-order valence-corrected chi connectivity index (χ3v) is 3.29. The van der Waals surface area contributed by atoms with Crippen LogP contribution in [0.2, 0.25) is 0 Å². The minimum Gasteiger partial charge on any atom is -0.461 e. The number of carbonyl (C=O) groups is 1. The number of quaternary nitrogens is 1. The zero-order valence-corrected chi connectivity index (χ0v) is 10.00. The highest BCUT2D eigenvalue weighted by atomic mass is 16.5. The molecule has 1 aliphatic carbocycles. The number of carbonyl (C=O) groups excluding carboxylic acids is 1. The SMILES string of the molecule is CC(C)[C@H]([NH3+])C(=O)OCC1CCCCC1. The van der Waals surface area contributed by atoms with Crippen molar-refractivity contribution in [2.24, 2.45) is 11.8 Å². The third-order valence-electron chi connectivity index (χ3n) is 3.29. The number of ether oxygens (including phenoxy) is 1. The van der Waals surface area contributed by atoms with Gasteiger partial charge in [-0.05, 0) is 18.8 Å². The molecule has 15 heavy (non-hydrogen) atoms. The van der Waals surface area contributed by atoms with Gasteiger partial charge in [-0.2, -0.15) is 0 Å². The molecule has 0 aromatic heterocycles. The smallest absolute Gasteiger partial charge is 0.365 e. The Balaban J connectivity index is 2.20. The zero-order chi connectivity index (χ0) is 11.3. The number of esters is 1. The van der Waals surface area contributed by atoms with Gasteiger partial charge in [-0.3, -0.25) is 0 Å². The van der Waals surface area contributed by atoms with Crippen LogP contribution in [-0.2, 0) is 9.53 Å². The molecule has 0 aromatic rings. The van der Waals surface area contributed by atoms with Crippen LogP contribution in [0.4, 0.5) is 0 Å². The van der Waals surface area contributed by atoms with Crippen LogP contribution in [-0.4, -0.2) is 18.6 Å². The second-order valence-electron chi connectivity index (χ2n) is 4.98. The monoisotopic (exact) mass is 214 g/mol. The van der Waals surface area contributed by atoms with Crippen molar-refractivity contribution in [3.63, 3.8) is 0 Å². The molecule has 0 aliphatic heterocycles. The molecule has 1 atom stereocenters. The molecule has 0 unspecified atom stereocenters. The summed E-state index contributed by atoms with van der Waals surface area (Å²) in [5.74, 6) is 0.737. The summed E-state index contributed by atoms with van der Waals surface area (Å²) >= 11 is 0. The largest absolute Gasteiger partial charge is 0.461 e. The van der Waals surface area contributed by atoms with E-state index in [1.54, 1.807) is 0 Å². The van der Waals surface area contributed by atoms with E-state index < -0.39 is 0 Å². The minimum absolute atomic E-state index is 0.129. The lowest BCUT2D eigenvalue weighted by Gasteiger charge is -2.21. The number of hydrogen-bond acceptors (Lipinski definition) is 2. The molecule has 0 radical (unpaired) electrons. The molecule has 1 rings (SSSR count). The molecule has 3 N–H and O–H groups in total. The normalized spacial score (nSPS) is 20.3. The van der Waals surface area contributed by atoms with Gasteiger partial charge in [0.25, 0.3) is 0 Å². The molecule has 0 spiro atoms. The molecule has 1 saturated carbocycles. The van der Waals surface area contributed by atoms with Gasteiger partial charge in [0.05, 0.1) is 6.61 Å². The van der Waals surface area contributed by atoms with Gasteiger partial charge >= 0.3 is 5.97 Å². The molecule has 3 nitrogen and oxygen atoms in total. The van der Waals surface area contributed by atoms with Crippen molar-refractivity contribution in [2.75, 3.05) is 6.61 Å². The summed E-state index contributed by atoms with van der Waals surface area (Å²) in [6.07, 6.45) is 6.36. The van der Waals surface area contributed by atoms with Gasteiger partial charge in [0.2, 0.25) is 0 Å². The Morgan fingerprint density at radius 1 is 1.33 bits per heavy atom. The summed E-state index contributed by atoms with van der Waals surface area (Å²) < 4.78 is 5.30. The van der Waals surface area contributed by atoms with Crippen molar-refractivity contribution in [2.45, 2.75) is 52.0 Å². The molecule has 0 saturated heterocycles. The van der Waals surface area contributed by atoms with Crippen LogP contribution >= 0.6 is 0 Å². The van der Waals surface area contributed by atoms with E-state index in [4.69, 9.17) is 4.74 Å². The van der Waals surface area contributed by atoms with Crippen LogP contribution in [0.5, 0.6) is 0 Å². The summed E-state index contributed by atoms with van der Waals surface area (Å²) in [6, 6.07) is -0.214. The number of rotatable bonds is 4. The Morgan fingerprint density at radius 3 is 2.47 bits per heavy atom. The van der Waals surface area contributed by atoms with E-state index in [1.807, 2.05) is 13.8 Å². The summed E-state index contributed by atoms with van der Waals surface area (Å²) in [6.45, 7) is 4.61. The van der Waals surface area contributed by atoms with Gasteiger partial charge in [0, 0.05) is 5.92 Å². The fourth-order valence-corrected chi connectivity index (χ4v) is 1.93. The second-order valence-corrected chi connectivity index (χ2v) is 4.98. The molecule has 0 aromatic carbocycles. The predicted molar refractivity (Wildman–Crippen MR) is 59.0 cm³/mol. The average Bonchev–Trinajstić information content (AvgIpc) is 2.26. The Morgan fingerprint density at radius 2 is 1.93 bits per heavy atom. The second kappa shape index (κ2) is 6.11. The lowest BCUT2D eigenvalue weighted by molar-refractivity contribution is -0.418. The minimum atomic E-state index is -0.214. The van der Waals surface area contributed by atoms with Gasteiger partial charge in [-0.1, -0.05) is 33.1 Å². The highest BCUT2D eigenvalue weighted by molar-refractivity contribution is 5.74. The topological polar surface area (TPSA) is 53.9 Å². The quantitative estimate of drug-likeness (QED) is 0.719. The third kappa shape index (κ3) is 4.20. The van der Waals surface area contributed by atoms with Crippen LogP contribution in [0, 0.1) is 11.8 Å². The fraction of sp³-hybridized carbons (Fsp3) is 0.917. The van der Waals surface area contributed by atoms with E-state index in [0.29, 0.717) is 12.5 Å². The Labute approximate surface area is 92.4 Å². The molecule has 0 bridgehead atoms. The Hall–Kier alpha value is -0.570. The molecule has 0 heterocycles. The van der Waals surface area contributed by atoms with Crippen molar-refractivity contribution in [1.29, 1.82) is 0 Å². The average molecular weight is 214 g/mol. The van der Waals surface area contributed by atoms with E-state index in [9.17, 15) is 4.79 Å². The van der Waals surface area contributed by atoms with Crippen molar-refractivity contribution >= 4 is 5.97 Å². The Bertz CT molecular complexity index is 198. The van der Waals surface area contributed by atoms with E-state index >= 15 is 0 Å². The van der Waals surface area contributed by atoms with Crippen molar-refractivity contribution in [1.82, 2.24) is 0 Å². The van der Waals surface area contributed by atoms with E-state index in [0.717, 1.165) is 0 Å². The molecule has 3 heteroatoms. The zero-order valence-electron chi connectivity index (χ0n) is 10.00. The first-order valence-electron chi connectivity index (χ1n) is 6.11. The van der Waals surface area contributed by atoms with Crippen LogP contribution in [0.1, 0.15) is 46.0 Å². The first-order chi connectivity index (χ1) is 7.11. The van der Waals surface area contributed by atoms with E-state index in [2.05, 4.69) is 5.73 Å². The van der Waals surface area contributed by atoms with Gasteiger partial charge in [0.15, 0.2) is 6.04 Å². The summed E-state index contributed by atoms with van der Waals surface area (Å²) in [7, 11) is 0. The maximum atomic E-state index is 11.5. The van der Waals surface area contributed by atoms with E-state index in [-0.39, 0.29) is 17.9 Å². The lowest BCUT2D eigenvalue weighted by atomic mass is 9.90. The predicted octanol–water partition coefficient (Wildman–Crippen LogP) is 1.38. The maximum Gasteiger partial charge on any atom is 0.365 e. The van der Waals surface area contributed by atoms with Crippen LogP contribution < -0.4 is 5.73 Å². The van der Waals surface area contributed by atoms with E-state index in [1.165, 1.54) is 32.1 Å². The maximum absolute atomic E-state index is 11.5.